The maximum Gasteiger partial charge on any atom is 0.214 e. The Bertz CT molecular complexity index is 330. The second-order valence-electron chi connectivity index (χ2n) is 5.20. The van der Waals surface area contributed by atoms with Crippen molar-refractivity contribution in [2.75, 3.05) is 18.8 Å². The summed E-state index contributed by atoms with van der Waals surface area (Å²) in [4.78, 5) is 0. The molecule has 0 aromatic rings. The quantitative estimate of drug-likeness (QED) is 0.690. The predicted octanol–water partition coefficient (Wildman–Crippen LogP) is 1.97. The van der Waals surface area contributed by atoms with E-state index in [0.717, 1.165) is 45.2 Å². The fourth-order valence-electron chi connectivity index (χ4n) is 2.75. The van der Waals surface area contributed by atoms with Crippen LogP contribution in [0, 0.1) is 0 Å². The van der Waals surface area contributed by atoms with Crippen LogP contribution < -0.4 is 5.32 Å². The maximum absolute atomic E-state index is 12.4. The van der Waals surface area contributed by atoms with Gasteiger partial charge in [0, 0.05) is 12.1 Å². The van der Waals surface area contributed by atoms with Crippen LogP contribution in [0.25, 0.3) is 0 Å². The van der Waals surface area contributed by atoms with Crippen molar-refractivity contribution in [1.29, 1.82) is 0 Å². The Morgan fingerprint density at radius 2 is 1.94 bits per heavy atom. The number of sulfonamides is 1. The molecule has 1 heterocycles. The van der Waals surface area contributed by atoms with Crippen LogP contribution in [0.3, 0.4) is 0 Å². The average Bonchev–Trinajstić information content (AvgIpc) is 2.71. The minimum absolute atomic E-state index is 0.189. The molecule has 0 saturated carbocycles. The molecule has 108 valence electrons. The Hall–Kier alpha value is -0.130. The molecule has 0 amide bonds. The third kappa shape index (κ3) is 4.21. The molecule has 0 bridgehead atoms. The fourth-order valence-corrected chi connectivity index (χ4v) is 4.89. The third-order valence-corrected chi connectivity index (χ3v) is 5.87. The summed E-state index contributed by atoms with van der Waals surface area (Å²) in [5.74, 6) is 0.305. The van der Waals surface area contributed by atoms with E-state index in [1.807, 2.05) is 6.92 Å². The number of rotatable bonds is 8. The van der Waals surface area contributed by atoms with Crippen molar-refractivity contribution in [3.63, 3.8) is 0 Å². The number of nitrogens with one attached hydrogen (secondary N) is 1. The number of hydrogen-bond donors (Lipinski definition) is 1. The van der Waals surface area contributed by atoms with Crippen molar-refractivity contribution in [2.24, 2.45) is 0 Å². The van der Waals surface area contributed by atoms with Gasteiger partial charge in [-0.1, -0.05) is 13.8 Å². The lowest BCUT2D eigenvalue weighted by Gasteiger charge is -2.27. The molecule has 1 N–H and O–H groups in total. The van der Waals surface area contributed by atoms with Gasteiger partial charge in [0.25, 0.3) is 0 Å². The monoisotopic (exact) mass is 276 g/mol. The second-order valence-corrected chi connectivity index (χ2v) is 7.19. The number of hydrogen-bond acceptors (Lipinski definition) is 3. The molecule has 2 atom stereocenters. The van der Waals surface area contributed by atoms with E-state index in [4.69, 9.17) is 0 Å². The van der Waals surface area contributed by atoms with Gasteiger partial charge in [-0.2, -0.15) is 4.31 Å². The summed E-state index contributed by atoms with van der Waals surface area (Å²) >= 11 is 0. The van der Waals surface area contributed by atoms with Gasteiger partial charge in [-0.05, 0) is 52.1 Å². The first-order valence-corrected chi connectivity index (χ1v) is 8.85. The molecule has 0 aromatic heterocycles. The van der Waals surface area contributed by atoms with Gasteiger partial charge < -0.3 is 5.32 Å². The van der Waals surface area contributed by atoms with E-state index < -0.39 is 10.0 Å². The first-order valence-electron chi connectivity index (χ1n) is 7.24. The maximum atomic E-state index is 12.4. The van der Waals surface area contributed by atoms with Crippen LogP contribution in [0.2, 0.25) is 0 Å². The van der Waals surface area contributed by atoms with Crippen LogP contribution >= 0.6 is 0 Å². The van der Waals surface area contributed by atoms with E-state index in [2.05, 4.69) is 19.2 Å². The van der Waals surface area contributed by atoms with Crippen LogP contribution in [0.5, 0.6) is 0 Å². The zero-order valence-corrected chi connectivity index (χ0v) is 12.8. The lowest BCUT2D eigenvalue weighted by Crippen LogP contribution is -2.41. The zero-order valence-electron chi connectivity index (χ0n) is 12.0. The van der Waals surface area contributed by atoms with E-state index >= 15 is 0 Å². The molecule has 1 rings (SSSR count). The van der Waals surface area contributed by atoms with E-state index in [0.29, 0.717) is 5.75 Å². The van der Waals surface area contributed by atoms with Gasteiger partial charge in [-0.15, -0.1) is 0 Å². The van der Waals surface area contributed by atoms with Crippen LogP contribution in [-0.2, 0) is 10.0 Å². The highest BCUT2D eigenvalue weighted by molar-refractivity contribution is 7.89. The third-order valence-electron chi connectivity index (χ3n) is 3.76. The zero-order chi connectivity index (χ0) is 13.6. The van der Waals surface area contributed by atoms with Crippen molar-refractivity contribution < 1.29 is 8.42 Å². The summed E-state index contributed by atoms with van der Waals surface area (Å²) < 4.78 is 26.5. The SMILES string of the molecule is CCNCCCCS(=O)(=O)N1C(C)CCC1CC. The second kappa shape index (κ2) is 7.46. The highest BCUT2D eigenvalue weighted by Gasteiger charge is 2.37. The van der Waals surface area contributed by atoms with E-state index in [-0.39, 0.29) is 12.1 Å². The molecule has 1 saturated heterocycles. The Morgan fingerprint density at radius 1 is 1.22 bits per heavy atom. The first-order chi connectivity index (χ1) is 8.53. The fraction of sp³-hybridized carbons (Fsp3) is 1.00. The summed E-state index contributed by atoms with van der Waals surface area (Å²) in [6, 6.07) is 0.424. The van der Waals surface area contributed by atoms with Crippen molar-refractivity contribution in [3.05, 3.63) is 0 Å². The molecule has 1 fully saturated rings. The molecule has 18 heavy (non-hydrogen) atoms. The Balaban J connectivity index is 2.46. The van der Waals surface area contributed by atoms with Crippen molar-refractivity contribution in [1.82, 2.24) is 9.62 Å². The van der Waals surface area contributed by atoms with Crippen LogP contribution in [0.15, 0.2) is 0 Å². The normalized spacial score (nSPS) is 25.7. The molecule has 1 aliphatic heterocycles. The molecule has 2 unspecified atom stereocenters. The van der Waals surface area contributed by atoms with Crippen LogP contribution in [0.1, 0.15) is 52.9 Å². The molecular formula is C13H28N2O2S. The summed E-state index contributed by atoms with van der Waals surface area (Å²) in [5.41, 5.74) is 0. The van der Waals surface area contributed by atoms with Crippen molar-refractivity contribution in [3.8, 4) is 0 Å². The highest BCUT2D eigenvalue weighted by atomic mass is 32.2. The van der Waals surface area contributed by atoms with Gasteiger partial charge in [0.05, 0.1) is 5.75 Å². The van der Waals surface area contributed by atoms with Gasteiger partial charge in [0.2, 0.25) is 10.0 Å². The van der Waals surface area contributed by atoms with Gasteiger partial charge >= 0.3 is 0 Å². The molecule has 0 aliphatic carbocycles. The lowest BCUT2D eigenvalue weighted by molar-refractivity contribution is 0.328. The Morgan fingerprint density at radius 3 is 2.56 bits per heavy atom. The molecule has 0 spiro atoms. The predicted molar refractivity (Wildman–Crippen MR) is 76.2 cm³/mol. The van der Waals surface area contributed by atoms with Gasteiger partial charge in [0.1, 0.15) is 0 Å². The number of nitrogens with zero attached hydrogens (tertiary/aromatic N) is 1. The van der Waals surface area contributed by atoms with E-state index in [9.17, 15) is 8.42 Å². The van der Waals surface area contributed by atoms with Crippen LogP contribution in [0.4, 0.5) is 0 Å². The summed E-state index contributed by atoms with van der Waals surface area (Å²) in [6.45, 7) is 8.04. The van der Waals surface area contributed by atoms with E-state index in [1.54, 1.807) is 4.31 Å². The first kappa shape index (κ1) is 15.9. The topological polar surface area (TPSA) is 49.4 Å². The Labute approximate surface area is 112 Å². The molecule has 0 aromatic carbocycles. The minimum atomic E-state index is -3.05. The summed E-state index contributed by atoms with van der Waals surface area (Å²) in [5, 5.41) is 3.22. The van der Waals surface area contributed by atoms with Gasteiger partial charge in [-0.25, -0.2) is 8.42 Å². The lowest BCUT2D eigenvalue weighted by atomic mass is 10.2. The number of unbranched alkanes of at least 4 members (excludes halogenated alkanes) is 1. The molecular weight excluding hydrogens is 248 g/mol. The standard InChI is InChI=1S/C13H28N2O2S/c1-4-13-9-8-12(3)15(13)18(16,17)11-7-6-10-14-5-2/h12-14H,4-11H2,1-3H3. The van der Waals surface area contributed by atoms with Crippen LogP contribution in [-0.4, -0.2) is 43.6 Å². The average molecular weight is 276 g/mol. The molecule has 1 aliphatic rings. The molecule has 4 nitrogen and oxygen atoms in total. The summed E-state index contributed by atoms with van der Waals surface area (Å²) in [7, 11) is -3.05. The highest BCUT2D eigenvalue weighted by Crippen LogP contribution is 2.29. The molecule has 0 radical (unpaired) electrons. The Kier molecular flexibility index (Phi) is 6.60. The van der Waals surface area contributed by atoms with Crippen molar-refractivity contribution in [2.45, 2.75) is 65.0 Å². The largest absolute Gasteiger partial charge is 0.317 e. The van der Waals surface area contributed by atoms with Crippen molar-refractivity contribution >= 4 is 10.0 Å². The van der Waals surface area contributed by atoms with Gasteiger partial charge in [0.15, 0.2) is 0 Å². The smallest absolute Gasteiger partial charge is 0.214 e. The van der Waals surface area contributed by atoms with Gasteiger partial charge in [-0.3, -0.25) is 0 Å². The van der Waals surface area contributed by atoms with E-state index in [1.165, 1.54) is 0 Å². The summed E-state index contributed by atoms with van der Waals surface area (Å²) in [6.07, 6.45) is 4.66. The molecule has 5 heteroatoms. The minimum Gasteiger partial charge on any atom is -0.317 e.